The van der Waals surface area contributed by atoms with Crippen molar-refractivity contribution in [1.29, 1.82) is 0 Å². The van der Waals surface area contributed by atoms with Crippen LogP contribution in [0.4, 0.5) is 11.4 Å². The standard InChI is InChI=1S/C23H21N3O3/c1-13-6-4-7-14(12-13)26-20(27)18-17-10-5-11-25(17)23(19(18)21(26)28)15-8-2-3-9-16(15)24-22(23)29/h2-4,6-9,12,17-19H,5,10-11H2,1H3,(H,24,29)/p+1/t17-,18+,19-,23-/m1/s1. The molecule has 3 saturated heterocycles. The SMILES string of the molecule is Cc1cccc(N2C(=O)[C@H]3[C@H]4CCC[NH+]4[C@@]4(C(=O)Nc5ccccc54)[C@H]3C2=O)c1. The van der Waals surface area contributed by atoms with Crippen LogP contribution >= 0.6 is 0 Å². The molecular weight excluding hydrogens is 366 g/mol. The largest absolute Gasteiger partial charge is 0.320 e. The normalized spacial score (nSPS) is 34.5. The number of nitrogens with zero attached hydrogens (tertiary/aromatic N) is 1. The molecule has 3 amide bonds. The minimum Gasteiger partial charge on any atom is -0.320 e. The monoisotopic (exact) mass is 388 g/mol. The molecule has 0 saturated carbocycles. The zero-order valence-corrected chi connectivity index (χ0v) is 16.1. The van der Waals surface area contributed by atoms with Gasteiger partial charge in [-0.2, -0.15) is 0 Å². The van der Waals surface area contributed by atoms with Gasteiger partial charge in [0.15, 0.2) is 0 Å². The maximum atomic E-state index is 13.8. The summed E-state index contributed by atoms with van der Waals surface area (Å²) in [6.45, 7) is 2.75. The summed E-state index contributed by atoms with van der Waals surface area (Å²) in [5, 5.41) is 3.01. The lowest BCUT2D eigenvalue weighted by Gasteiger charge is -2.33. The van der Waals surface area contributed by atoms with Gasteiger partial charge in [-0.15, -0.1) is 0 Å². The van der Waals surface area contributed by atoms with E-state index in [4.69, 9.17) is 0 Å². The van der Waals surface area contributed by atoms with Crippen molar-refractivity contribution in [1.82, 2.24) is 0 Å². The van der Waals surface area contributed by atoms with Gasteiger partial charge >= 0.3 is 0 Å². The fraction of sp³-hybridized carbons (Fsp3) is 0.348. The molecule has 6 heteroatoms. The Morgan fingerprint density at radius 2 is 1.90 bits per heavy atom. The third-order valence-electron chi connectivity index (χ3n) is 7.38. The molecule has 4 aliphatic heterocycles. The number of aryl methyl sites for hydroxylation is 1. The summed E-state index contributed by atoms with van der Waals surface area (Å²) in [7, 11) is 0. The highest BCUT2D eigenvalue weighted by atomic mass is 16.2. The Kier molecular flexibility index (Phi) is 3.23. The van der Waals surface area contributed by atoms with Crippen molar-refractivity contribution in [3.8, 4) is 0 Å². The number of hydrogen-bond acceptors (Lipinski definition) is 3. The molecule has 0 aliphatic carbocycles. The van der Waals surface area contributed by atoms with Gasteiger partial charge in [0.1, 0.15) is 17.9 Å². The molecule has 2 N–H and O–H groups in total. The molecule has 2 aromatic carbocycles. The Balaban J connectivity index is 1.56. The Bertz CT molecular complexity index is 1100. The van der Waals surface area contributed by atoms with E-state index >= 15 is 0 Å². The van der Waals surface area contributed by atoms with Gasteiger partial charge in [0.05, 0.1) is 17.9 Å². The first-order valence-corrected chi connectivity index (χ1v) is 10.3. The summed E-state index contributed by atoms with van der Waals surface area (Å²) in [5.41, 5.74) is 2.23. The lowest BCUT2D eigenvalue weighted by Crippen LogP contribution is -3.19. The van der Waals surface area contributed by atoms with E-state index in [2.05, 4.69) is 5.32 Å². The van der Waals surface area contributed by atoms with Gasteiger partial charge in [-0.05, 0) is 30.7 Å². The number of quaternary nitrogens is 1. The van der Waals surface area contributed by atoms with Gasteiger partial charge in [0, 0.05) is 18.4 Å². The smallest absolute Gasteiger partial charge is 0.291 e. The zero-order valence-electron chi connectivity index (χ0n) is 16.1. The van der Waals surface area contributed by atoms with Gasteiger partial charge in [0.25, 0.3) is 5.91 Å². The van der Waals surface area contributed by atoms with Crippen molar-refractivity contribution >= 4 is 29.1 Å². The number of hydrogen-bond donors (Lipinski definition) is 2. The van der Waals surface area contributed by atoms with Crippen molar-refractivity contribution in [3.63, 3.8) is 0 Å². The summed E-state index contributed by atoms with van der Waals surface area (Å²) in [5.74, 6) is -1.62. The number of benzene rings is 2. The van der Waals surface area contributed by atoms with Gasteiger partial charge in [-0.25, -0.2) is 4.90 Å². The first kappa shape index (κ1) is 16.9. The fourth-order valence-electron chi connectivity index (χ4n) is 6.44. The molecule has 29 heavy (non-hydrogen) atoms. The molecule has 4 aliphatic rings. The van der Waals surface area contributed by atoms with Crippen LogP contribution in [0.2, 0.25) is 0 Å². The van der Waals surface area contributed by atoms with Crippen LogP contribution in [-0.2, 0) is 19.9 Å². The van der Waals surface area contributed by atoms with E-state index in [0.717, 1.165) is 41.1 Å². The predicted molar refractivity (Wildman–Crippen MR) is 106 cm³/mol. The maximum absolute atomic E-state index is 13.8. The van der Waals surface area contributed by atoms with Crippen LogP contribution in [0.1, 0.15) is 24.0 Å². The van der Waals surface area contributed by atoms with E-state index in [-0.39, 0.29) is 23.8 Å². The third kappa shape index (κ3) is 1.88. The average Bonchev–Trinajstić information content (AvgIpc) is 3.40. The van der Waals surface area contributed by atoms with Crippen molar-refractivity contribution in [2.24, 2.45) is 11.8 Å². The summed E-state index contributed by atoms with van der Waals surface area (Å²) in [4.78, 5) is 43.3. The van der Waals surface area contributed by atoms with Crippen LogP contribution in [0.3, 0.4) is 0 Å². The van der Waals surface area contributed by atoms with E-state index in [1.54, 1.807) is 6.07 Å². The van der Waals surface area contributed by atoms with Crippen molar-refractivity contribution in [2.75, 3.05) is 16.8 Å². The minimum atomic E-state index is -1.01. The molecule has 6 rings (SSSR count). The molecule has 0 bridgehead atoms. The number of fused-ring (bicyclic) bond motifs is 7. The number of rotatable bonds is 1. The highest BCUT2D eigenvalue weighted by Gasteiger charge is 2.78. The number of amides is 3. The van der Waals surface area contributed by atoms with E-state index in [1.165, 1.54) is 4.90 Å². The average molecular weight is 388 g/mol. The molecule has 1 unspecified atom stereocenters. The molecule has 2 aromatic rings. The van der Waals surface area contributed by atoms with Crippen LogP contribution in [0.5, 0.6) is 0 Å². The fourth-order valence-corrected chi connectivity index (χ4v) is 6.44. The first-order chi connectivity index (χ1) is 14.0. The highest BCUT2D eigenvalue weighted by Crippen LogP contribution is 2.52. The second-order valence-electron chi connectivity index (χ2n) is 8.69. The van der Waals surface area contributed by atoms with Crippen LogP contribution in [0.25, 0.3) is 0 Å². The number of carbonyl (C=O) groups is 3. The minimum absolute atomic E-state index is 0.00293. The van der Waals surface area contributed by atoms with Crippen LogP contribution in [0.15, 0.2) is 48.5 Å². The lowest BCUT2D eigenvalue weighted by molar-refractivity contribution is -0.948. The number of nitrogens with one attached hydrogen (secondary N) is 2. The highest BCUT2D eigenvalue weighted by molar-refractivity contribution is 6.25. The second-order valence-corrected chi connectivity index (χ2v) is 8.69. The molecular formula is C23H22N3O3+. The molecule has 5 atom stereocenters. The Morgan fingerprint density at radius 3 is 2.72 bits per heavy atom. The van der Waals surface area contributed by atoms with Crippen molar-refractivity contribution < 1.29 is 19.3 Å². The van der Waals surface area contributed by atoms with E-state index in [9.17, 15) is 14.4 Å². The first-order valence-electron chi connectivity index (χ1n) is 10.3. The van der Waals surface area contributed by atoms with Gasteiger partial charge < -0.3 is 10.2 Å². The summed E-state index contributed by atoms with van der Waals surface area (Å²) >= 11 is 0. The molecule has 146 valence electrons. The Hall–Kier alpha value is -2.99. The summed E-state index contributed by atoms with van der Waals surface area (Å²) in [6, 6.07) is 15.1. The number of para-hydroxylation sites is 1. The van der Waals surface area contributed by atoms with Crippen molar-refractivity contribution in [3.05, 3.63) is 59.7 Å². The Labute approximate surface area is 168 Å². The van der Waals surface area contributed by atoms with E-state index in [1.807, 2.05) is 49.4 Å². The van der Waals surface area contributed by atoms with Gasteiger partial charge in [-0.1, -0.05) is 30.3 Å². The van der Waals surface area contributed by atoms with Gasteiger partial charge in [-0.3, -0.25) is 14.4 Å². The second kappa shape index (κ2) is 5.54. The molecule has 0 aromatic heterocycles. The lowest BCUT2D eigenvalue weighted by atomic mass is 9.75. The zero-order chi connectivity index (χ0) is 19.9. The van der Waals surface area contributed by atoms with Crippen LogP contribution in [-0.4, -0.2) is 30.3 Å². The molecule has 6 nitrogen and oxygen atoms in total. The van der Waals surface area contributed by atoms with E-state index < -0.39 is 17.4 Å². The van der Waals surface area contributed by atoms with E-state index in [0.29, 0.717) is 5.69 Å². The molecule has 3 fully saturated rings. The predicted octanol–water partition coefficient (Wildman–Crippen LogP) is 1.01. The number of anilines is 2. The molecule has 4 heterocycles. The summed E-state index contributed by atoms with van der Waals surface area (Å²) in [6.07, 6.45) is 1.83. The summed E-state index contributed by atoms with van der Waals surface area (Å²) < 4.78 is 0. The number of imide groups is 1. The third-order valence-corrected chi connectivity index (χ3v) is 7.38. The van der Waals surface area contributed by atoms with Crippen molar-refractivity contribution in [2.45, 2.75) is 31.3 Å². The van der Waals surface area contributed by atoms with Gasteiger partial charge in [0.2, 0.25) is 17.4 Å². The molecule has 0 radical (unpaired) electrons. The Morgan fingerprint density at radius 1 is 1.07 bits per heavy atom. The molecule has 1 spiro atoms. The van der Waals surface area contributed by atoms with Crippen LogP contribution in [0, 0.1) is 18.8 Å². The topological polar surface area (TPSA) is 70.9 Å². The number of carbonyl (C=O) groups excluding carboxylic acids is 3. The quantitative estimate of drug-likeness (QED) is 0.717. The maximum Gasteiger partial charge on any atom is 0.291 e. The van der Waals surface area contributed by atoms with Crippen LogP contribution < -0.4 is 15.1 Å².